The van der Waals surface area contributed by atoms with E-state index in [2.05, 4.69) is 49.9 Å². The van der Waals surface area contributed by atoms with Crippen molar-refractivity contribution in [3.63, 3.8) is 0 Å². The van der Waals surface area contributed by atoms with Crippen LogP contribution in [0.5, 0.6) is 0 Å². The molecule has 70 heavy (non-hydrogen) atoms. The van der Waals surface area contributed by atoms with Crippen LogP contribution >= 0.6 is 0 Å². The lowest BCUT2D eigenvalue weighted by atomic mass is 9.99. The average molecular weight is 939 g/mol. The van der Waals surface area contributed by atoms with Gasteiger partial charge >= 0.3 is 11.9 Å². The molecule has 0 radical (unpaired) electrons. The molecule has 0 fully saturated rings. The zero-order valence-corrected chi connectivity index (χ0v) is 37.8. The summed E-state index contributed by atoms with van der Waals surface area (Å²) in [5.74, 6) is -1.97. The summed E-state index contributed by atoms with van der Waals surface area (Å²) < 4.78 is 32.9. The number of aliphatic carboxylic acids is 1. The molecule has 348 valence electrons. The largest absolute Gasteiger partial charge is 0.481 e. The van der Waals surface area contributed by atoms with E-state index in [-0.39, 0.29) is 17.5 Å². The summed E-state index contributed by atoms with van der Waals surface area (Å²) in [7, 11) is 0. The van der Waals surface area contributed by atoms with Crippen LogP contribution < -0.4 is 11.1 Å². The molecule has 0 saturated carbocycles. The van der Waals surface area contributed by atoms with Crippen LogP contribution in [0.2, 0.25) is 0 Å². The Hall–Kier alpha value is -9.58. The maximum absolute atomic E-state index is 14.5. The van der Waals surface area contributed by atoms with E-state index >= 15 is 0 Å². The van der Waals surface area contributed by atoms with Crippen LogP contribution in [0, 0.1) is 11.6 Å². The topological polar surface area (TPSA) is 239 Å². The highest BCUT2D eigenvalue weighted by Crippen LogP contribution is 2.37. The van der Waals surface area contributed by atoms with Gasteiger partial charge in [0.1, 0.15) is 23.3 Å². The molecule has 0 aliphatic heterocycles. The molecule has 2 aromatic carbocycles. The Balaban J connectivity index is 0.000000171. The number of nitrogens with zero attached hydrogens (tertiary/aromatic N) is 8. The quantitative estimate of drug-likeness (QED) is 0.107. The Bertz CT molecular complexity index is 3600. The van der Waals surface area contributed by atoms with E-state index in [0.29, 0.717) is 51.1 Å². The Morgan fingerprint density at radius 2 is 0.929 bits per heavy atom. The number of carboxylic acid groups (broad SMARTS) is 1. The molecule has 1 amide bonds. The van der Waals surface area contributed by atoms with Crippen LogP contribution in [-0.2, 0) is 23.9 Å². The molecular weight excluding hydrogens is 899 g/mol. The molecule has 0 unspecified atom stereocenters. The van der Waals surface area contributed by atoms with Gasteiger partial charge in [0.2, 0.25) is 5.91 Å². The maximum atomic E-state index is 14.5. The number of amides is 1. The second-order valence-corrected chi connectivity index (χ2v) is 15.0. The summed E-state index contributed by atoms with van der Waals surface area (Å²) in [6.45, 7) is 4.88. The number of pyridine rings is 8. The molecule has 0 aliphatic carbocycles. The number of aromatic nitrogens is 8. The number of fused-ring (bicyclic) bond motifs is 4. The number of benzene rings is 2. The second-order valence-electron chi connectivity index (χ2n) is 15.0. The van der Waals surface area contributed by atoms with E-state index in [4.69, 9.17) is 15.6 Å². The predicted octanol–water partition coefficient (Wildman–Crippen LogP) is 9.82. The molecule has 0 spiro atoms. The van der Waals surface area contributed by atoms with Crippen molar-refractivity contribution < 1.29 is 37.8 Å². The monoisotopic (exact) mass is 938 g/mol. The molecular formula is C52H40F2N10O6. The number of rotatable bonds is 5. The van der Waals surface area contributed by atoms with Gasteiger partial charge in [0.25, 0.3) is 5.97 Å². The lowest BCUT2D eigenvalue weighted by Crippen LogP contribution is -2.08. The van der Waals surface area contributed by atoms with E-state index in [1.807, 2.05) is 54.6 Å². The fraction of sp³-hybridized carbons (Fsp3) is 0.0769. The maximum Gasteiger partial charge on any atom is 0.310 e. The zero-order chi connectivity index (χ0) is 49.9. The second kappa shape index (κ2) is 21.8. The number of halogens is 2. The number of carbonyl (C=O) groups excluding carboxylic acids is 3. The van der Waals surface area contributed by atoms with Gasteiger partial charge in [-0.25, -0.2) is 38.7 Å². The number of nitrogens with one attached hydrogen (secondary N) is 1. The standard InChI is InChI=1S/C24H16FN5O.C22H14FN5.C4H6O3.C2H4O2/c1-14(31)29-23-17-9-11-26-22(15(17)8-12-28-23)19-13-21(18-5-2-3-7-20(18)25)30-24-16(19)6-4-10-27-24;23-18-6-2-1-4-16(18)19-12-17(15-5-3-9-27-22(15)28-19)20-13-7-11-26-21(24)14(13)8-10-25-20;1-3(5)7-4(2)6;1-2(3)4/h2-13H,1H3,(H,28,29,31);1-12H,(H2,24,26);1-2H3;1H3,(H,3,4). The first kappa shape index (κ1) is 48.4. The van der Waals surface area contributed by atoms with Gasteiger partial charge in [-0.15, -0.1) is 0 Å². The summed E-state index contributed by atoms with van der Waals surface area (Å²) in [5, 5.41) is 15.0. The Morgan fingerprint density at radius 3 is 1.39 bits per heavy atom. The fourth-order valence-corrected chi connectivity index (χ4v) is 7.25. The Kier molecular flexibility index (Phi) is 15.1. The number of hydrogen-bond donors (Lipinski definition) is 3. The van der Waals surface area contributed by atoms with Crippen molar-refractivity contribution in [2.45, 2.75) is 27.7 Å². The number of ether oxygens (including phenoxy) is 1. The van der Waals surface area contributed by atoms with Crippen molar-refractivity contribution in [3.05, 3.63) is 158 Å². The SMILES string of the molecule is CC(=O)Nc1nccc2c(-c3cc(-c4ccccc4F)nc4ncccc34)nccc12.CC(=O)O.CC(=O)OC(C)=O.Nc1nccc2c(-c3cc(-c4ccccc4F)nc4ncccc34)nccc12. The van der Waals surface area contributed by atoms with Crippen LogP contribution in [0.3, 0.4) is 0 Å². The summed E-state index contributed by atoms with van der Waals surface area (Å²) in [4.78, 5) is 75.8. The van der Waals surface area contributed by atoms with Gasteiger partial charge < -0.3 is 20.9 Å². The molecule has 18 heteroatoms. The first-order valence-electron chi connectivity index (χ1n) is 21.1. The number of esters is 2. The van der Waals surface area contributed by atoms with Crippen molar-refractivity contribution in [2.75, 3.05) is 11.1 Å². The van der Waals surface area contributed by atoms with E-state index in [0.717, 1.165) is 56.1 Å². The summed E-state index contributed by atoms with van der Waals surface area (Å²) in [6, 6.07) is 31.6. The van der Waals surface area contributed by atoms with Gasteiger partial charge in [-0.2, -0.15) is 0 Å². The minimum absolute atomic E-state index is 0.209. The van der Waals surface area contributed by atoms with Crippen LogP contribution in [0.1, 0.15) is 27.7 Å². The Labute approximate surface area is 397 Å². The zero-order valence-electron chi connectivity index (χ0n) is 37.8. The number of hydrogen-bond acceptors (Lipinski definition) is 14. The van der Waals surface area contributed by atoms with Crippen molar-refractivity contribution in [1.29, 1.82) is 0 Å². The minimum atomic E-state index is -0.833. The molecule has 10 aromatic rings. The molecule has 0 saturated heterocycles. The summed E-state index contributed by atoms with van der Waals surface area (Å²) in [5.41, 5.74) is 11.8. The number of carbonyl (C=O) groups is 4. The van der Waals surface area contributed by atoms with Gasteiger partial charge in [0.05, 0.1) is 22.8 Å². The molecule has 0 aliphatic rings. The van der Waals surface area contributed by atoms with Gasteiger partial charge in [-0.1, -0.05) is 24.3 Å². The van der Waals surface area contributed by atoms with Gasteiger partial charge in [0.15, 0.2) is 11.3 Å². The highest BCUT2D eigenvalue weighted by Gasteiger charge is 2.18. The molecule has 8 heterocycles. The van der Waals surface area contributed by atoms with Gasteiger partial charge in [0, 0.05) is 119 Å². The van der Waals surface area contributed by atoms with Crippen LogP contribution in [0.15, 0.2) is 146 Å². The molecule has 8 aromatic heterocycles. The van der Waals surface area contributed by atoms with Crippen molar-refractivity contribution in [1.82, 2.24) is 39.9 Å². The summed E-state index contributed by atoms with van der Waals surface area (Å²) >= 11 is 0. The molecule has 16 nitrogen and oxygen atoms in total. The number of carboxylic acids is 1. The van der Waals surface area contributed by atoms with Crippen molar-refractivity contribution in [2.24, 2.45) is 0 Å². The number of nitrogen functional groups attached to an aromatic ring is 1. The van der Waals surface area contributed by atoms with Crippen LogP contribution in [0.25, 0.3) is 88.6 Å². The minimum Gasteiger partial charge on any atom is -0.481 e. The lowest BCUT2D eigenvalue weighted by Gasteiger charge is -2.13. The predicted molar refractivity (Wildman–Crippen MR) is 261 cm³/mol. The van der Waals surface area contributed by atoms with E-state index in [1.54, 1.807) is 79.6 Å². The number of anilines is 2. The first-order valence-corrected chi connectivity index (χ1v) is 21.1. The first-order chi connectivity index (χ1) is 33.7. The van der Waals surface area contributed by atoms with Crippen LogP contribution in [0.4, 0.5) is 20.4 Å². The van der Waals surface area contributed by atoms with Crippen molar-refractivity contribution >= 4 is 79.1 Å². The molecule has 10 rings (SSSR count). The van der Waals surface area contributed by atoms with Crippen LogP contribution in [-0.4, -0.2) is 68.8 Å². The van der Waals surface area contributed by atoms with E-state index in [1.165, 1.54) is 32.9 Å². The molecule has 0 bridgehead atoms. The summed E-state index contributed by atoms with van der Waals surface area (Å²) in [6.07, 6.45) is 9.96. The number of nitrogens with two attached hydrogens (primary N) is 1. The third kappa shape index (κ3) is 11.3. The normalized spacial score (nSPS) is 10.5. The fourth-order valence-electron chi connectivity index (χ4n) is 7.25. The van der Waals surface area contributed by atoms with Crippen molar-refractivity contribution in [3.8, 4) is 45.0 Å². The van der Waals surface area contributed by atoms with E-state index in [9.17, 15) is 23.2 Å². The van der Waals surface area contributed by atoms with Gasteiger partial charge in [-0.3, -0.25) is 29.1 Å². The van der Waals surface area contributed by atoms with E-state index < -0.39 is 17.9 Å². The average Bonchev–Trinajstić information content (AvgIpc) is 3.33. The highest BCUT2D eigenvalue weighted by atomic mass is 19.1. The molecule has 4 N–H and O–H groups in total. The third-order valence-corrected chi connectivity index (χ3v) is 9.97. The van der Waals surface area contributed by atoms with Gasteiger partial charge in [-0.05, 0) is 84.9 Å². The molecule has 0 atom stereocenters. The lowest BCUT2D eigenvalue weighted by molar-refractivity contribution is -0.156. The smallest absolute Gasteiger partial charge is 0.310 e. The highest BCUT2D eigenvalue weighted by molar-refractivity contribution is 6.08. The third-order valence-electron chi connectivity index (χ3n) is 9.97. The Morgan fingerprint density at radius 1 is 0.500 bits per heavy atom.